The van der Waals surface area contributed by atoms with Crippen LogP contribution in [0.5, 0.6) is 5.75 Å². The monoisotopic (exact) mass is 420 g/mol. The molecule has 2 amide bonds. The number of nitrogens with zero attached hydrogens (tertiary/aromatic N) is 1. The van der Waals surface area contributed by atoms with Gasteiger partial charge in [-0.05, 0) is 50.1 Å². The maximum Gasteiger partial charge on any atom is 0.263 e. The number of hydrogen-bond donors (Lipinski definition) is 1. The van der Waals surface area contributed by atoms with Gasteiger partial charge in [0.1, 0.15) is 5.75 Å². The second kappa shape index (κ2) is 9.30. The van der Waals surface area contributed by atoms with Gasteiger partial charge in [-0.25, -0.2) is 0 Å². The van der Waals surface area contributed by atoms with E-state index in [9.17, 15) is 9.59 Å². The maximum absolute atomic E-state index is 12.7. The molecule has 148 valence electrons. The third-order valence-corrected chi connectivity index (χ3v) is 5.25. The van der Waals surface area contributed by atoms with E-state index >= 15 is 0 Å². The van der Waals surface area contributed by atoms with Crippen molar-refractivity contribution in [2.45, 2.75) is 31.9 Å². The number of ether oxygens (including phenoxy) is 1. The zero-order chi connectivity index (χ0) is 20.1. The molecule has 28 heavy (non-hydrogen) atoms. The number of hydrogen-bond acceptors (Lipinski definition) is 3. The zero-order valence-corrected chi connectivity index (χ0v) is 17.0. The molecule has 1 saturated heterocycles. The lowest BCUT2D eigenvalue weighted by atomic mass is 10.0. The summed E-state index contributed by atoms with van der Waals surface area (Å²) in [6, 6.07) is 14.1. The average Bonchev–Trinajstić information content (AvgIpc) is 2.70. The Bertz CT molecular complexity index is 837. The van der Waals surface area contributed by atoms with E-state index in [1.165, 1.54) is 0 Å². The van der Waals surface area contributed by atoms with Crippen molar-refractivity contribution in [3.05, 3.63) is 64.1 Å². The lowest BCUT2D eigenvalue weighted by Crippen LogP contribution is -2.49. The summed E-state index contributed by atoms with van der Waals surface area (Å²) in [4.78, 5) is 26.7. The lowest BCUT2D eigenvalue weighted by molar-refractivity contribution is -0.139. The van der Waals surface area contributed by atoms with Gasteiger partial charge in [-0.15, -0.1) is 0 Å². The molecule has 0 bridgehead atoms. The van der Waals surface area contributed by atoms with Crippen LogP contribution in [-0.2, 0) is 4.79 Å². The van der Waals surface area contributed by atoms with E-state index in [1.807, 2.05) is 18.2 Å². The zero-order valence-electron chi connectivity index (χ0n) is 15.5. The molecule has 0 saturated carbocycles. The first kappa shape index (κ1) is 20.5. The molecule has 5 nitrogen and oxygen atoms in total. The van der Waals surface area contributed by atoms with Gasteiger partial charge in [0.2, 0.25) is 0 Å². The number of amides is 2. The highest BCUT2D eigenvalue weighted by atomic mass is 35.5. The van der Waals surface area contributed by atoms with Crippen LogP contribution in [0.15, 0.2) is 48.5 Å². The summed E-state index contributed by atoms with van der Waals surface area (Å²) in [6.45, 7) is 2.85. The van der Waals surface area contributed by atoms with Crippen molar-refractivity contribution in [2.75, 3.05) is 13.1 Å². The van der Waals surface area contributed by atoms with Crippen LogP contribution >= 0.6 is 23.2 Å². The molecule has 2 aromatic carbocycles. The molecule has 1 aliphatic rings. The van der Waals surface area contributed by atoms with E-state index in [4.69, 9.17) is 27.9 Å². The molecule has 0 aromatic heterocycles. The van der Waals surface area contributed by atoms with Crippen LogP contribution in [0, 0.1) is 0 Å². The Morgan fingerprint density at radius 2 is 1.79 bits per heavy atom. The first-order chi connectivity index (χ1) is 13.4. The summed E-state index contributed by atoms with van der Waals surface area (Å²) in [5.41, 5.74) is 0.642. The third kappa shape index (κ3) is 5.18. The van der Waals surface area contributed by atoms with E-state index in [0.29, 0.717) is 47.3 Å². The Balaban J connectivity index is 1.49. The van der Waals surface area contributed by atoms with E-state index in [-0.39, 0.29) is 17.9 Å². The normalized spacial score (nSPS) is 15.8. The highest BCUT2D eigenvalue weighted by molar-refractivity contribution is 6.35. The summed E-state index contributed by atoms with van der Waals surface area (Å²) in [5, 5.41) is 3.92. The maximum atomic E-state index is 12.7. The number of piperidine rings is 1. The van der Waals surface area contributed by atoms with Crippen molar-refractivity contribution in [1.82, 2.24) is 10.2 Å². The van der Waals surface area contributed by atoms with Crippen LogP contribution in [0.25, 0.3) is 0 Å². The average molecular weight is 421 g/mol. The van der Waals surface area contributed by atoms with Crippen molar-refractivity contribution in [2.24, 2.45) is 0 Å². The van der Waals surface area contributed by atoms with Crippen LogP contribution in [0.1, 0.15) is 30.1 Å². The van der Waals surface area contributed by atoms with Gasteiger partial charge in [0, 0.05) is 29.7 Å². The Labute approximate surface area is 174 Å². The minimum atomic E-state index is -0.658. The van der Waals surface area contributed by atoms with Crippen molar-refractivity contribution in [1.29, 1.82) is 0 Å². The van der Waals surface area contributed by atoms with E-state index in [0.717, 1.165) is 0 Å². The van der Waals surface area contributed by atoms with Crippen LogP contribution in [0.3, 0.4) is 0 Å². The Kier molecular flexibility index (Phi) is 6.81. The van der Waals surface area contributed by atoms with Crippen LogP contribution in [-0.4, -0.2) is 41.9 Å². The van der Waals surface area contributed by atoms with Gasteiger partial charge < -0.3 is 15.0 Å². The fraction of sp³-hybridized carbons (Fsp3) is 0.333. The molecule has 0 radical (unpaired) electrons. The molecule has 0 unspecified atom stereocenters. The largest absolute Gasteiger partial charge is 0.479 e. The second-order valence-corrected chi connectivity index (χ2v) is 7.62. The Morgan fingerprint density at radius 3 is 2.43 bits per heavy atom. The molecule has 3 rings (SSSR count). The standard InChI is InChI=1S/C21H22Cl2N2O3/c1-14(28-19-8-7-16(22)13-18(19)23)21(27)25-11-9-17(10-12-25)24-20(26)15-5-3-2-4-6-15/h2-8,13-14,17H,9-12H2,1H3,(H,24,26)/t14-/m1/s1. The molecule has 0 spiro atoms. The number of carbonyl (C=O) groups is 2. The first-order valence-corrected chi connectivity index (χ1v) is 9.96. The molecule has 0 aliphatic carbocycles. The number of carbonyl (C=O) groups excluding carboxylic acids is 2. The second-order valence-electron chi connectivity index (χ2n) is 6.77. The smallest absolute Gasteiger partial charge is 0.263 e. The molecule has 1 N–H and O–H groups in total. The Morgan fingerprint density at radius 1 is 1.11 bits per heavy atom. The fourth-order valence-electron chi connectivity index (χ4n) is 3.17. The van der Waals surface area contributed by atoms with Gasteiger partial charge in [-0.1, -0.05) is 41.4 Å². The third-order valence-electron chi connectivity index (χ3n) is 4.72. The van der Waals surface area contributed by atoms with Gasteiger partial charge >= 0.3 is 0 Å². The predicted octanol–water partition coefficient (Wildman–Crippen LogP) is 4.18. The minimum Gasteiger partial charge on any atom is -0.479 e. The van der Waals surface area contributed by atoms with Gasteiger partial charge in [-0.3, -0.25) is 9.59 Å². The summed E-state index contributed by atoms with van der Waals surface area (Å²) in [7, 11) is 0. The minimum absolute atomic E-state index is 0.0543. The van der Waals surface area contributed by atoms with Gasteiger partial charge in [-0.2, -0.15) is 0 Å². The highest BCUT2D eigenvalue weighted by Gasteiger charge is 2.28. The number of likely N-dealkylation sites (tertiary alicyclic amines) is 1. The van der Waals surface area contributed by atoms with Crippen LogP contribution < -0.4 is 10.1 Å². The van der Waals surface area contributed by atoms with Gasteiger partial charge in [0.05, 0.1) is 5.02 Å². The van der Waals surface area contributed by atoms with Crippen molar-refractivity contribution in [3.8, 4) is 5.75 Å². The molecule has 1 atom stereocenters. The Hall–Kier alpha value is -2.24. The molecule has 1 heterocycles. The quantitative estimate of drug-likeness (QED) is 0.788. The number of rotatable bonds is 5. The predicted molar refractivity (Wildman–Crippen MR) is 110 cm³/mol. The van der Waals surface area contributed by atoms with Gasteiger partial charge in [0.15, 0.2) is 6.10 Å². The van der Waals surface area contributed by atoms with Crippen molar-refractivity contribution in [3.63, 3.8) is 0 Å². The van der Waals surface area contributed by atoms with Crippen LogP contribution in [0.2, 0.25) is 10.0 Å². The molecular weight excluding hydrogens is 399 g/mol. The molecule has 2 aromatic rings. The molecular formula is C21H22Cl2N2O3. The molecule has 1 fully saturated rings. The lowest BCUT2D eigenvalue weighted by Gasteiger charge is -2.34. The number of benzene rings is 2. The molecule has 1 aliphatic heterocycles. The SMILES string of the molecule is C[C@@H](Oc1ccc(Cl)cc1Cl)C(=O)N1CCC(NC(=O)c2ccccc2)CC1. The van der Waals surface area contributed by atoms with Crippen molar-refractivity contribution >= 4 is 35.0 Å². The van der Waals surface area contributed by atoms with E-state index < -0.39 is 6.10 Å². The first-order valence-electron chi connectivity index (χ1n) is 9.20. The van der Waals surface area contributed by atoms with E-state index in [2.05, 4.69) is 5.32 Å². The fourth-order valence-corrected chi connectivity index (χ4v) is 3.62. The summed E-state index contributed by atoms with van der Waals surface area (Å²) in [5.74, 6) is 0.246. The van der Waals surface area contributed by atoms with E-state index in [1.54, 1.807) is 42.2 Å². The van der Waals surface area contributed by atoms with Crippen molar-refractivity contribution < 1.29 is 14.3 Å². The number of halogens is 2. The summed E-state index contributed by atoms with van der Waals surface area (Å²) in [6.07, 6.45) is 0.756. The summed E-state index contributed by atoms with van der Waals surface area (Å²) >= 11 is 12.0. The summed E-state index contributed by atoms with van der Waals surface area (Å²) < 4.78 is 5.71. The highest BCUT2D eigenvalue weighted by Crippen LogP contribution is 2.28. The number of nitrogens with one attached hydrogen (secondary N) is 1. The van der Waals surface area contributed by atoms with Gasteiger partial charge in [0.25, 0.3) is 11.8 Å². The molecule has 7 heteroatoms. The van der Waals surface area contributed by atoms with Crippen LogP contribution in [0.4, 0.5) is 0 Å². The topological polar surface area (TPSA) is 58.6 Å².